The minimum Gasteiger partial charge on any atom is -0.465 e. The number of hydrogen-bond acceptors (Lipinski definition) is 3. The standard InChI is InChI=1S/C11H12F2O3S/c1-3-16-11(14)7(2)17(15)10-6-8(12)4-5-9(10)13/h4-7H,3H2,1-2H3. The summed E-state index contributed by atoms with van der Waals surface area (Å²) in [5.74, 6) is -2.21. The Morgan fingerprint density at radius 2 is 2.12 bits per heavy atom. The highest BCUT2D eigenvalue weighted by Crippen LogP contribution is 2.17. The van der Waals surface area contributed by atoms with Crippen molar-refractivity contribution in [2.75, 3.05) is 6.61 Å². The highest BCUT2D eigenvalue weighted by atomic mass is 32.2. The van der Waals surface area contributed by atoms with Crippen molar-refractivity contribution >= 4 is 16.8 Å². The Morgan fingerprint density at radius 1 is 1.47 bits per heavy atom. The molecular formula is C11H12F2O3S. The van der Waals surface area contributed by atoms with Gasteiger partial charge in [0, 0.05) is 0 Å². The average molecular weight is 262 g/mol. The first kappa shape index (κ1) is 13.8. The van der Waals surface area contributed by atoms with E-state index in [1.165, 1.54) is 6.92 Å². The van der Waals surface area contributed by atoms with Gasteiger partial charge in [-0.3, -0.25) is 9.00 Å². The van der Waals surface area contributed by atoms with Crippen molar-refractivity contribution in [3.63, 3.8) is 0 Å². The summed E-state index contributed by atoms with van der Waals surface area (Å²) >= 11 is 0. The van der Waals surface area contributed by atoms with Crippen molar-refractivity contribution in [3.8, 4) is 0 Å². The quantitative estimate of drug-likeness (QED) is 0.780. The van der Waals surface area contributed by atoms with Gasteiger partial charge in [0.1, 0.15) is 16.9 Å². The van der Waals surface area contributed by atoms with Crippen LogP contribution in [0.3, 0.4) is 0 Å². The summed E-state index contributed by atoms with van der Waals surface area (Å²) in [4.78, 5) is 11.0. The van der Waals surface area contributed by atoms with Crippen molar-refractivity contribution in [2.45, 2.75) is 24.0 Å². The van der Waals surface area contributed by atoms with E-state index in [1.54, 1.807) is 6.92 Å². The summed E-state index contributed by atoms with van der Waals surface area (Å²) in [6.07, 6.45) is 0. The van der Waals surface area contributed by atoms with Crippen LogP contribution in [-0.4, -0.2) is 22.0 Å². The van der Waals surface area contributed by atoms with Crippen LogP contribution in [0.1, 0.15) is 13.8 Å². The molecule has 0 spiro atoms. The molecule has 0 bridgehead atoms. The fraction of sp³-hybridized carbons (Fsp3) is 0.364. The average Bonchev–Trinajstić information content (AvgIpc) is 2.30. The Balaban J connectivity index is 2.96. The Kier molecular flexibility index (Phi) is 4.74. The molecule has 0 aliphatic carbocycles. The predicted molar refractivity (Wildman–Crippen MR) is 58.9 cm³/mol. The third-order valence-electron chi connectivity index (χ3n) is 2.05. The zero-order valence-electron chi connectivity index (χ0n) is 9.41. The summed E-state index contributed by atoms with van der Waals surface area (Å²) in [5.41, 5.74) is 0. The van der Waals surface area contributed by atoms with Gasteiger partial charge in [-0.15, -0.1) is 0 Å². The molecule has 1 rings (SSSR count). The molecule has 0 aliphatic rings. The fourth-order valence-electron chi connectivity index (χ4n) is 1.17. The highest BCUT2D eigenvalue weighted by molar-refractivity contribution is 7.86. The highest BCUT2D eigenvalue weighted by Gasteiger charge is 2.25. The maximum Gasteiger partial charge on any atom is 0.321 e. The van der Waals surface area contributed by atoms with Crippen LogP contribution in [0, 0.1) is 11.6 Å². The first-order valence-electron chi connectivity index (χ1n) is 4.99. The summed E-state index contributed by atoms with van der Waals surface area (Å²) in [7, 11) is -1.97. The molecule has 1 aromatic rings. The van der Waals surface area contributed by atoms with Crippen LogP contribution in [0.4, 0.5) is 8.78 Å². The van der Waals surface area contributed by atoms with Gasteiger partial charge < -0.3 is 4.74 Å². The van der Waals surface area contributed by atoms with Crippen LogP contribution in [0.2, 0.25) is 0 Å². The number of halogens is 2. The van der Waals surface area contributed by atoms with E-state index < -0.39 is 33.7 Å². The molecule has 2 unspecified atom stereocenters. The number of hydrogen-bond donors (Lipinski definition) is 0. The van der Waals surface area contributed by atoms with Crippen LogP contribution in [0.15, 0.2) is 23.1 Å². The molecule has 0 radical (unpaired) electrons. The first-order chi connectivity index (χ1) is 7.97. The number of rotatable bonds is 4. The van der Waals surface area contributed by atoms with Crippen molar-refractivity contribution in [1.82, 2.24) is 0 Å². The Hall–Kier alpha value is -1.30. The number of esters is 1. The van der Waals surface area contributed by atoms with E-state index in [1.807, 2.05) is 0 Å². The number of carbonyl (C=O) groups excluding carboxylic acids is 1. The minimum atomic E-state index is -1.97. The van der Waals surface area contributed by atoms with Gasteiger partial charge in [-0.25, -0.2) is 8.78 Å². The number of benzene rings is 1. The lowest BCUT2D eigenvalue weighted by atomic mass is 10.3. The van der Waals surface area contributed by atoms with E-state index in [0.717, 1.165) is 18.2 Å². The molecule has 0 fully saturated rings. The molecule has 2 atom stereocenters. The molecule has 0 saturated carbocycles. The molecule has 0 saturated heterocycles. The molecule has 94 valence electrons. The van der Waals surface area contributed by atoms with Crippen molar-refractivity contribution < 1.29 is 22.5 Å². The second-order valence-corrected chi connectivity index (χ2v) is 5.01. The van der Waals surface area contributed by atoms with Gasteiger partial charge in [0.15, 0.2) is 0 Å². The second-order valence-electron chi connectivity index (χ2n) is 3.27. The van der Waals surface area contributed by atoms with E-state index in [2.05, 4.69) is 4.74 Å². The lowest BCUT2D eigenvalue weighted by Gasteiger charge is -2.10. The number of carbonyl (C=O) groups is 1. The molecule has 0 amide bonds. The summed E-state index contributed by atoms with van der Waals surface area (Å²) in [6.45, 7) is 3.10. The lowest BCUT2D eigenvalue weighted by Crippen LogP contribution is -2.25. The molecule has 1 aromatic carbocycles. The summed E-state index contributed by atoms with van der Waals surface area (Å²) in [6, 6.07) is 2.62. The van der Waals surface area contributed by atoms with Gasteiger partial charge in [-0.05, 0) is 32.0 Å². The maximum atomic E-state index is 13.3. The van der Waals surface area contributed by atoms with Gasteiger partial charge in [-0.2, -0.15) is 0 Å². The predicted octanol–water partition coefficient (Wildman–Crippen LogP) is 2.02. The summed E-state index contributed by atoms with van der Waals surface area (Å²) < 4.78 is 42.7. The van der Waals surface area contributed by atoms with Crippen molar-refractivity contribution in [2.24, 2.45) is 0 Å². The zero-order chi connectivity index (χ0) is 13.0. The van der Waals surface area contributed by atoms with Crippen molar-refractivity contribution in [3.05, 3.63) is 29.8 Å². The monoisotopic (exact) mass is 262 g/mol. The Bertz CT molecular complexity index is 448. The van der Waals surface area contributed by atoms with Crippen LogP contribution >= 0.6 is 0 Å². The Labute approximate surface area is 100 Å². The molecule has 0 N–H and O–H groups in total. The van der Waals surface area contributed by atoms with Gasteiger partial charge in [-0.1, -0.05) is 0 Å². The molecular weight excluding hydrogens is 250 g/mol. The van der Waals surface area contributed by atoms with Crippen LogP contribution in [0.5, 0.6) is 0 Å². The van der Waals surface area contributed by atoms with Crippen LogP contribution in [-0.2, 0) is 20.3 Å². The molecule has 0 heterocycles. The normalized spacial score (nSPS) is 14.1. The molecule has 6 heteroatoms. The van der Waals surface area contributed by atoms with Gasteiger partial charge >= 0.3 is 5.97 Å². The van der Waals surface area contributed by atoms with E-state index in [0.29, 0.717) is 0 Å². The first-order valence-corrected chi connectivity index (χ1v) is 6.21. The minimum absolute atomic E-state index is 0.145. The van der Waals surface area contributed by atoms with E-state index >= 15 is 0 Å². The third-order valence-corrected chi connectivity index (χ3v) is 3.63. The van der Waals surface area contributed by atoms with Crippen molar-refractivity contribution in [1.29, 1.82) is 0 Å². The Morgan fingerprint density at radius 3 is 2.71 bits per heavy atom. The lowest BCUT2D eigenvalue weighted by molar-refractivity contribution is -0.142. The molecule has 17 heavy (non-hydrogen) atoms. The molecule has 0 aromatic heterocycles. The maximum absolute atomic E-state index is 13.3. The van der Waals surface area contributed by atoms with E-state index in [-0.39, 0.29) is 11.5 Å². The summed E-state index contributed by atoms with van der Waals surface area (Å²) in [5, 5.41) is -1.04. The van der Waals surface area contributed by atoms with Crippen LogP contribution in [0.25, 0.3) is 0 Å². The SMILES string of the molecule is CCOC(=O)C(C)S(=O)c1cc(F)ccc1F. The van der Waals surface area contributed by atoms with Gasteiger partial charge in [0.05, 0.1) is 22.3 Å². The van der Waals surface area contributed by atoms with Gasteiger partial charge in [0.2, 0.25) is 0 Å². The van der Waals surface area contributed by atoms with E-state index in [9.17, 15) is 17.8 Å². The van der Waals surface area contributed by atoms with E-state index in [4.69, 9.17) is 0 Å². The van der Waals surface area contributed by atoms with Crippen LogP contribution < -0.4 is 0 Å². The topological polar surface area (TPSA) is 43.4 Å². The fourth-order valence-corrected chi connectivity index (χ4v) is 2.28. The zero-order valence-corrected chi connectivity index (χ0v) is 10.2. The smallest absolute Gasteiger partial charge is 0.321 e. The number of ether oxygens (including phenoxy) is 1. The second kappa shape index (κ2) is 5.86. The molecule has 0 aliphatic heterocycles. The largest absolute Gasteiger partial charge is 0.465 e. The third kappa shape index (κ3) is 3.33. The van der Waals surface area contributed by atoms with Gasteiger partial charge in [0.25, 0.3) is 0 Å². The molecule has 3 nitrogen and oxygen atoms in total.